The van der Waals surface area contributed by atoms with Crippen LogP contribution in [0.4, 0.5) is 13.2 Å². The van der Waals surface area contributed by atoms with Crippen molar-refractivity contribution in [2.45, 2.75) is 44.4 Å². The number of aromatic hydroxyl groups is 1. The van der Waals surface area contributed by atoms with Crippen LogP contribution in [0, 0.1) is 17.5 Å². The van der Waals surface area contributed by atoms with Gasteiger partial charge in [-0.25, -0.2) is 8.78 Å². The maximum absolute atomic E-state index is 15.0. The van der Waals surface area contributed by atoms with Crippen molar-refractivity contribution in [1.29, 1.82) is 0 Å². The molecule has 0 saturated heterocycles. The van der Waals surface area contributed by atoms with Crippen LogP contribution < -0.4 is 0 Å². The van der Waals surface area contributed by atoms with Crippen molar-refractivity contribution in [3.63, 3.8) is 0 Å². The van der Waals surface area contributed by atoms with Gasteiger partial charge in [0.15, 0.2) is 11.6 Å². The molecule has 4 rings (SSSR count). The SMILES string of the molecule is Oc1cc2c(c(F)c1F)-c1c-2ccc(C2CCCCCC2)c1F. The fourth-order valence-electron chi connectivity index (χ4n) is 3.97. The van der Waals surface area contributed by atoms with Gasteiger partial charge in [-0.2, -0.15) is 4.39 Å². The van der Waals surface area contributed by atoms with E-state index in [1.165, 1.54) is 18.9 Å². The normalized spacial score (nSPS) is 17.2. The highest BCUT2D eigenvalue weighted by atomic mass is 19.2. The number of halogens is 3. The van der Waals surface area contributed by atoms with Crippen molar-refractivity contribution in [3.8, 4) is 28.0 Å². The Bertz CT molecular complexity index is 790. The highest BCUT2D eigenvalue weighted by Crippen LogP contribution is 2.53. The van der Waals surface area contributed by atoms with Crippen molar-refractivity contribution in [3.05, 3.63) is 41.2 Å². The highest BCUT2D eigenvalue weighted by molar-refractivity contribution is 6.03. The van der Waals surface area contributed by atoms with E-state index in [1.807, 2.05) is 0 Å². The average molecular weight is 318 g/mol. The molecule has 4 heteroatoms. The van der Waals surface area contributed by atoms with E-state index in [4.69, 9.17) is 0 Å². The van der Waals surface area contributed by atoms with E-state index in [2.05, 4.69) is 0 Å². The van der Waals surface area contributed by atoms with Gasteiger partial charge in [0, 0.05) is 11.1 Å². The molecular formula is C19H17F3O. The second kappa shape index (κ2) is 5.29. The summed E-state index contributed by atoms with van der Waals surface area (Å²) in [5.41, 5.74) is 1.66. The number of benzene rings is 2. The minimum atomic E-state index is -1.31. The highest BCUT2D eigenvalue weighted by Gasteiger charge is 2.34. The number of fused-ring (bicyclic) bond motifs is 4. The van der Waals surface area contributed by atoms with E-state index in [-0.39, 0.29) is 17.0 Å². The molecule has 120 valence electrons. The standard InChI is InChI=1S/C19H17F3O/c20-17-11(10-5-3-1-2-4-6-10)7-8-12-13-9-14(23)18(21)19(22)16(13)15(12)17/h7-10,23H,1-6H2. The molecule has 0 unspecified atom stereocenters. The van der Waals surface area contributed by atoms with Crippen molar-refractivity contribution >= 4 is 0 Å². The first-order valence-electron chi connectivity index (χ1n) is 8.13. The fraction of sp³-hybridized carbons (Fsp3) is 0.368. The smallest absolute Gasteiger partial charge is 0.201 e. The topological polar surface area (TPSA) is 20.2 Å². The van der Waals surface area contributed by atoms with Gasteiger partial charge in [-0.1, -0.05) is 37.8 Å². The monoisotopic (exact) mass is 318 g/mol. The molecule has 0 aliphatic heterocycles. The van der Waals surface area contributed by atoms with Gasteiger partial charge in [-0.15, -0.1) is 0 Å². The average Bonchev–Trinajstić information content (AvgIpc) is 2.80. The van der Waals surface area contributed by atoms with Gasteiger partial charge in [0.2, 0.25) is 5.82 Å². The molecule has 2 aromatic carbocycles. The molecule has 2 aromatic rings. The fourth-order valence-corrected chi connectivity index (χ4v) is 3.97. The van der Waals surface area contributed by atoms with Crippen LogP contribution >= 0.6 is 0 Å². The summed E-state index contributed by atoms with van der Waals surface area (Å²) in [5.74, 6) is -3.49. The number of phenolic OH excluding ortho intramolecular Hbond substituents is 1. The predicted molar refractivity (Wildman–Crippen MR) is 82.9 cm³/mol. The van der Waals surface area contributed by atoms with Crippen LogP contribution in [-0.4, -0.2) is 5.11 Å². The third-order valence-corrected chi connectivity index (χ3v) is 5.19. The molecule has 0 heterocycles. The summed E-state index contributed by atoms with van der Waals surface area (Å²) in [4.78, 5) is 0. The predicted octanol–water partition coefficient (Wildman–Crippen LogP) is 5.89. The quantitative estimate of drug-likeness (QED) is 0.554. The lowest BCUT2D eigenvalue weighted by Crippen LogP contribution is -2.10. The van der Waals surface area contributed by atoms with Crippen LogP contribution in [0.15, 0.2) is 18.2 Å². The number of hydrogen-bond donors (Lipinski definition) is 1. The van der Waals surface area contributed by atoms with Crippen LogP contribution in [-0.2, 0) is 0 Å². The Labute approximate surface area is 132 Å². The Balaban J connectivity index is 1.81. The molecule has 2 aliphatic carbocycles. The second-order valence-electron chi connectivity index (χ2n) is 6.53. The van der Waals surface area contributed by atoms with Crippen LogP contribution in [0.2, 0.25) is 0 Å². The zero-order valence-corrected chi connectivity index (χ0v) is 12.6. The Morgan fingerprint density at radius 3 is 2.13 bits per heavy atom. The summed E-state index contributed by atoms with van der Waals surface area (Å²) in [6.45, 7) is 0. The summed E-state index contributed by atoms with van der Waals surface area (Å²) in [6.07, 6.45) is 6.38. The Hall–Kier alpha value is -1.97. The number of phenols is 1. The third-order valence-electron chi connectivity index (χ3n) is 5.19. The lowest BCUT2D eigenvalue weighted by Gasteiger charge is -2.28. The molecule has 1 N–H and O–H groups in total. The first-order valence-corrected chi connectivity index (χ1v) is 8.13. The Morgan fingerprint density at radius 2 is 1.43 bits per heavy atom. The largest absolute Gasteiger partial charge is 0.505 e. The molecule has 0 amide bonds. The van der Waals surface area contributed by atoms with E-state index in [0.29, 0.717) is 16.7 Å². The van der Waals surface area contributed by atoms with Gasteiger partial charge >= 0.3 is 0 Å². The van der Waals surface area contributed by atoms with Crippen LogP contribution in [0.3, 0.4) is 0 Å². The molecule has 1 fully saturated rings. The van der Waals surface area contributed by atoms with Gasteiger partial charge in [-0.3, -0.25) is 0 Å². The minimum absolute atomic E-state index is 0.0386. The summed E-state index contributed by atoms with van der Waals surface area (Å²) in [6, 6.07) is 4.70. The number of rotatable bonds is 1. The molecule has 0 radical (unpaired) electrons. The van der Waals surface area contributed by atoms with Crippen LogP contribution in [0.25, 0.3) is 22.3 Å². The van der Waals surface area contributed by atoms with Crippen LogP contribution in [0.5, 0.6) is 5.75 Å². The maximum atomic E-state index is 15.0. The van der Waals surface area contributed by atoms with Crippen molar-refractivity contribution in [2.75, 3.05) is 0 Å². The first-order chi connectivity index (χ1) is 11.1. The zero-order chi connectivity index (χ0) is 16.1. The zero-order valence-electron chi connectivity index (χ0n) is 12.6. The van der Waals surface area contributed by atoms with E-state index in [9.17, 15) is 18.3 Å². The molecule has 0 spiro atoms. The van der Waals surface area contributed by atoms with Gasteiger partial charge in [0.25, 0.3) is 0 Å². The van der Waals surface area contributed by atoms with Gasteiger partial charge in [-0.05, 0) is 41.5 Å². The maximum Gasteiger partial charge on any atom is 0.201 e. The molecule has 1 saturated carbocycles. The molecule has 2 aliphatic rings. The van der Waals surface area contributed by atoms with Crippen molar-refractivity contribution in [1.82, 2.24) is 0 Å². The molecule has 0 bridgehead atoms. The summed E-state index contributed by atoms with van der Waals surface area (Å²) < 4.78 is 42.7. The molecular weight excluding hydrogens is 301 g/mol. The minimum Gasteiger partial charge on any atom is -0.505 e. The molecule has 0 atom stereocenters. The van der Waals surface area contributed by atoms with Gasteiger partial charge in [0.05, 0.1) is 0 Å². The van der Waals surface area contributed by atoms with Crippen LogP contribution in [0.1, 0.15) is 50.0 Å². The van der Waals surface area contributed by atoms with E-state index >= 15 is 0 Å². The second-order valence-corrected chi connectivity index (χ2v) is 6.53. The first kappa shape index (κ1) is 14.6. The Kier molecular flexibility index (Phi) is 3.36. The molecule has 0 aromatic heterocycles. The summed E-state index contributed by atoms with van der Waals surface area (Å²) in [5, 5.41) is 9.42. The van der Waals surface area contributed by atoms with Crippen molar-refractivity contribution < 1.29 is 18.3 Å². The number of hydrogen-bond acceptors (Lipinski definition) is 1. The van der Waals surface area contributed by atoms with Crippen molar-refractivity contribution in [2.24, 2.45) is 0 Å². The molecule has 23 heavy (non-hydrogen) atoms. The van der Waals surface area contributed by atoms with Gasteiger partial charge < -0.3 is 5.11 Å². The third kappa shape index (κ3) is 2.07. The molecule has 1 nitrogen and oxygen atoms in total. The Morgan fingerprint density at radius 1 is 0.783 bits per heavy atom. The van der Waals surface area contributed by atoms with E-state index in [0.717, 1.165) is 25.7 Å². The lowest BCUT2D eigenvalue weighted by atomic mass is 9.76. The van der Waals surface area contributed by atoms with E-state index < -0.39 is 23.2 Å². The lowest BCUT2D eigenvalue weighted by molar-refractivity contribution is 0.407. The van der Waals surface area contributed by atoms with Gasteiger partial charge in [0.1, 0.15) is 5.82 Å². The van der Waals surface area contributed by atoms with E-state index in [1.54, 1.807) is 12.1 Å². The summed E-state index contributed by atoms with van der Waals surface area (Å²) in [7, 11) is 0. The summed E-state index contributed by atoms with van der Waals surface area (Å²) >= 11 is 0.